The number of nitrogens with one attached hydrogen (secondary N) is 1. The Morgan fingerprint density at radius 3 is 2.28 bits per heavy atom. The highest BCUT2D eigenvalue weighted by atomic mass is 16.4. The quantitative estimate of drug-likeness (QED) is 0.551. The number of hydrogen-bond acceptors (Lipinski definition) is 4. The zero-order valence-electron chi connectivity index (χ0n) is 16.3. The molecule has 0 saturated carbocycles. The van der Waals surface area contributed by atoms with E-state index in [1.807, 2.05) is 56.3 Å². The van der Waals surface area contributed by atoms with Crippen molar-refractivity contribution in [3.63, 3.8) is 0 Å². The molecule has 3 aromatic rings. The number of aromatic nitrogens is 1. The number of aryl methyl sites for hydroxylation is 2. The normalized spacial score (nSPS) is 10.6. The first-order chi connectivity index (χ1) is 13.8. The van der Waals surface area contributed by atoms with Crippen LogP contribution >= 0.6 is 0 Å². The predicted molar refractivity (Wildman–Crippen MR) is 111 cm³/mol. The molecule has 0 bridgehead atoms. The van der Waals surface area contributed by atoms with E-state index in [0.717, 1.165) is 27.9 Å². The Morgan fingerprint density at radius 2 is 1.66 bits per heavy atom. The van der Waals surface area contributed by atoms with Crippen LogP contribution in [0.25, 0.3) is 11.3 Å². The van der Waals surface area contributed by atoms with Crippen LogP contribution < -0.4 is 5.32 Å². The molecule has 0 atom stereocenters. The van der Waals surface area contributed by atoms with E-state index in [0.29, 0.717) is 17.8 Å². The summed E-state index contributed by atoms with van der Waals surface area (Å²) in [6.45, 7) is 3.88. The zero-order chi connectivity index (χ0) is 21.0. The van der Waals surface area contributed by atoms with Crippen LogP contribution in [0.2, 0.25) is 0 Å². The van der Waals surface area contributed by atoms with E-state index in [1.54, 1.807) is 12.1 Å². The summed E-state index contributed by atoms with van der Waals surface area (Å²) in [6.07, 6.45) is 0.000665. The largest absolute Gasteiger partial charge is 0.506 e. The number of nitrogens with zero attached hydrogens (tertiary/aromatic N) is 1. The average Bonchev–Trinajstić information content (AvgIpc) is 2.66. The van der Waals surface area contributed by atoms with E-state index >= 15 is 0 Å². The third-order valence-electron chi connectivity index (χ3n) is 4.63. The lowest BCUT2D eigenvalue weighted by Crippen LogP contribution is -2.16. The Labute approximate surface area is 168 Å². The van der Waals surface area contributed by atoms with E-state index in [-0.39, 0.29) is 5.75 Å². The van der Waals surface area contributed by atoms with Gasteiger partial charge in [-0.15, -0.1) is 0 Å². The topological polar surface area (TPSA) is 99.5 Å². The molecule has 6 nitrogen and oxygen atoms in total. The molecule has 0 radical (unpaired) electrons. The van der Waals surface area contributed by atoms with Crippen molar-refractivity contribution in [1.29, 1.82) is 0 Å². The molecular weight excluding hydrogens is 368 g/mol. The molecule has 0 spiro atoms. The third-order valence-corrected chi connectivity index (χ3v) is 4.63. The van der Waals surface area contributed by atoms with Gasteiger partial charge in [0.1, 0.15) is 17.9 Å². The molecule has 1 aromatic heterocycles. The number of benzene rings is 2. The molecular formula is C23H22N2O4. The molecule has 1 amide bonds. The van der Waals surface area contributed by atoms with Crippen LogP contribution in [0.4, 0.5) is 5.69 Å². The van der Waals surface area contributed by atoms with Crippen molar-refractivity contribution in [2.45, 2.75) is 26.7 Å². The van der Waals surface area contributed by atoms with Gasteiger partial charge in [-0.1, -0.05) is 30.3 Å². The van der Waals surface area contributed by atoms with Gasteiger partial charge in [-0.2, -0.15) is 0 Å². The first-order valence-corrected chi connectivity index (χ1v) is 9.19. The van der Waals surface area contributed by atoms with Gasteiger partial charge in [0.05, 0.1) is 0 Å². The Kier molecular flexibility index (Phi) is 5.93. The summed E-state index contributed by atoms with van der Waals surface area (Å²) < 4.78 is 0. The fraction of sp³-hybridized carbons (Fsp3) is 0.174. The SMILES string of the molecule is Cc1cc(NC(=O)CC(=O)O)cc(C)c1Cc1ccc(O)c(-c2ccccc2)n1. The molecule has 148 valence electrons. The minimum atomic E-state index is -1.17. The summed E-state index contributed by atoms with van der Waals surface area (Å²) in [5.74, 6) is -1.60. The average molecular weight is 390 g/mol. The highest BCUT2D eigenvalue weighted by molar-refractivity contribution is 6.01. The Morgan fingerprint density at radius 1 is 1.00 bits per heavy atom. The summed E-state index contributed by atoms with van der Waals surface area (Å²) in [4.78, 5) is 27.0. The highest BCUT2D eigenvalue weighted by Gasteiger charge is 2.13. The summed E-state index contributed by atoms with van der Waals surface area (Å²) in [5.41, 5.74) is 5.76. The van der Waals surface area contributed by atoms with Gasteiger partial charge in [0.15, 0.2) is 0 Å². The van der Waals surface area contributed by atoms with Crippen LogP contribution in [-0.2, 0) is 16.0 Å². The third kappa shape index (κ3) is 4.99. The standard InChI is InChI=1S/C23H22N2O4/c1-14-10-18(24-21(27)13-22(28)29)11-15(2)19(14)12-17-8-9-20(26)23(25-17)16-6-4-3-5-7-16/h3-11,26H,12-13H2,1-2H3,(H,24,27)(H,28,29). The number of aromatic hydroxyl groups is 1. The first kappa shape index (κ1) is 20.1. The maximum Gasteiger partial charge on any atom is 0.312 e. The van der Waals surface area contributed by atoms with Crippen LogP contribution in [0.5, 0.6) is 5.75 Å². The molecule has 1 heterocycles. The van der Waals surface area contributed by atoms with Crippen LogP contribution in [0, 0.1) is 13.8 Å². The van der Waals surface area contributed by atoms with Gasteiger partial charge in [0, 0.05) is 23.4 Å². The Bertz CT molecular complexity index is 1040. The highest BCUT2D eigenvalue weighted by Crippen LogP contribution is 2.29. The van der Waals surface area contributed by atoms with E-state index in [4.69, 9.17) is 5.11 Å². The maximum absolute atomic E-state index is 11.7. The number of carbonyl (C=O) groups excluding carboxylic acids is 1. The molecule has 3 N–H and O–H groups in total. The molecule has 0 saturated heterocycles. The van der Waals surface area contributed by atoms with Crippen LogP contribution in [-0.4, -0.2) is 27.1 Å². The number of hydrogen-bond donors (Lipinski definition) is 3. The van der Waals surface area contributed by atoms with E-state index in [2.05, 4.69) is 10.3 Å². The number of carboxylic acid groups (broad SMARTS) is 1. The molecule has 3 rings (SSSR count). The van der Waals surface area contributed by atoms with Gasteiger partial charge in [-0.25, -0.2) is 4.98 Å². The lowest BCUT2D eigenvalue weighted by Gasteiger charge is -2.14. The van der Waals surface area contributed by atoms with Crippen molar-refractivity contribution < 1.29 is 19.8 Å². The molecule has 0 aliphatic rings. The van der Waals surface area contributed by atoms with Crippen molar-refractivity contribution in [3.8, 4) is 17.0 Å². The lowest BCUT2D eigenvalue weighted by atomic mass is 9.97. The minimum Gasteiger partial charge on any atom is -0.506 e. The second-order valence-electron chi connectivity index (χ2n) is 6.92. The first-order valence-electron chi connectivity index (χ1n) is 9.19. The van der Waals surface area contributed by atoms with Crippen molar-refractivity contribution in [2.75, 3.05) is 5.32 Å². The molecule has 0 unspecified atom stereocenters. The van der Waals surface area contributed by atoms with E-state index in [9.17, 15) is 14.7 Å². The predicted octanol–water partition coefficient (Wildman–Crippen LogP) is 4.08. The zero-order valence-corrected chi connectivity index (χ0v) is 16.3. The number of pyridine rings is 1. The number of rotatable bonds is 6. The lowest BCUT2D eigenvalue weighted by molar-refractivity contribution is -0.139. The monoisotopic (exact) mass is 390 g/mol. The molecule has 6 heteroatoms. The van der Waals surface area contributed by atoms with Crippen LogP contribution in [0.15, 0.2) is 54.6 Å². The number of amides is 1. The summed E-state index contributed by atoms with van der Waals surface area (Å²) in [5, 5.41) is 21.5. The number of carboxylic acids is 1. The smallest absolute Gasteiger partial charge is 0.312 e. The van der Waals surface area contributed by atoms with Crippen molar-refractivity contribution in [1.82, 2.24) is 4.98 Å². The van der Waals surface area contributed by atoms with Crippen LogP contribution in [0.1, 0.15) is 28.8 Å². The molecule has 2 aromatic carbocycles. The van der Waals surface area contributed by atoms with Gasteiger partial charge in [0.25, 0.3) is 0 Å². The Hall–Kier alpha value is -3.67. The van der Waals surface area contributed by atoms with E-state index in [1.165, 1.54) is 0 Å². The fourth-order valence-electron chi connectivity index (χ4n) is 3.27. The van der Waals surface area contributed by atoms with Gasteiger partial charge >= 0.3 is 5.97 Å². The minimum absolute atomic E-state index is 0.130. The van der Waals surface area contributed by atoms with Gasteiger partial charge in [-0.3, -0.25) is 9.59 Å². The van der Waals surface area contributed by atoms with Gasteiger partial charge in [0.2, 0.25) is 5.91 Å². The van der Waals surface area contributed by atoms with Crippen molar-refractivity contribution >= 4 is 17.6 Å². The van der Waals surface area contributed by atoms with E-state index < -0.39 is 18.3 Å². The Balaban J connectivity index is 1.85. The number of anilines is 1. The van der Waals surface area contributed by atoms with Crippen molar-refractivity contribution in [3.05, 3.63) is 77.0 Å². The van der Waals surface area contributed by atoms with Gasteiger partial charge in [-0.05, 0) is 54.8 Å². The number of aliphatic carboxylic acids is 1. The maximum atomic E-state index is 11.7. The second kappa shape index (κ2) is 8.56. The van der Waals surface area contributed by atoms with Crippen molar-refractivity contribution in [2.24, 2.45) is 0 Å². The molecule has 29 heavy (non-hydrogen) atoms. The van der Waals surface area contributed by atoms with Gasteiger partial charge < -0.3 is 15.5 Å². The summed E-state index contributed by atoms with van der Waals surface area (Å²) in [7, 11) is 0. The number of carbonyl (C=O) groups is 2. The molecule has 0 aliphatic heterocycles. The molecule has 0 aliphatic carbocycles. The summed E-state index contributed by atoms with van der Waals surface area (Å²) >= 11 is 0. The second-order valence-corrected chi connectivity index (χ2v) is 6.92. The summed E-state index contributed by atoms with van der Waals surface area (Å²) in [6, 6.07) is 16.6. The fourth-order valence-corrected chi connectivity index (χ4v) is 3.27. The molecule has 0 fully saturated rings. The van der Waals surface area contributed by atoms with Crippen LogP contribution in [0.3, 0.4) is 0 Å².